The zero-order chi connectivity index (χ0) is 15.2. The molecule has 0 atom stereocenters. The minimum absolute atomic E-state index is 0.152. The molecule has 0 bridgehead atoms. The lowest BCUT2D eigenvalue weighted by Crippen LogP contribution is -2.30. The number of aryl methyl sites for hydroxylation is 2. The Hall–Kier alpha value is -2.19. The molecule has 2 aromatic rings. The normalized spacial score (nSPS) is 20.0. The number of nitrogens with zero attached hydrogens (tertiary/aromatic N) is 4. The SMILES string of the molecule is Nc1nc(N)n(-c2cnc3c(c2)CCC2(CC3)OCCO2)n1. The smallest absolute Gasteiger partial charge is 0.241 e. The van der Waals surface area contributed by atoms with Crippen LogP contribution >= 0.6 is 0 Å². The molecule has 3 heterocycles. The molecule has 22 heavy (non-hydrogen) atoms. The number of pyridine rings is 1. The Kier molecular flexibility index (Phi) is 3.02. The molecule has 0 unspecified atom stereocenters. The van der Waals surface area contributed by atoms with Gasteiger partial charge in [0.1, 0.15) is 0 Å². The van der Waals surface area contributed by atoms with Gasteiger partial charge in [0.15, 0.2) is 5.79 Å². The van der Waals surface area contributed by atoms with Crippen molar-refractivity contribution in [2.75, 3.05) is 24.7 Å². The first-order valence-electron chi connectivity index (χ1n) is 7.39. The fraction of sp³-hybridized carbons (Fsp3) is 0.500. The zero-order valence-corrected chi connectivity index (χ0v) is 12.2. The Morgan fingerprint density at radius 3 is 2.64 bits per heavy atom. The molecule has 0 radical (unpaired) electrons. The zero-order valence-electron chi connectivity index (χ0n) is 12.2. The third kappa shape index (κ3) is 2.20. The Labute approximate surface area is 127 Å². The van der Waals surface area contributed by atoms with Crippen molar-refractivity contribution < 1.29 is 9.47 Å². The number of fused-ring (bicyclic) bond motifs is 1. The Morgan fingerprint density at radius 1 is 1.14 bits per heavy atom. The van der Waals surface area contributed by atoms with Gasteiger partial charge < -0.3 is 20.9 Å². The first-order valence-corrected chi connectivity index (χ1v) is 7.39. The number of hydrogen-bond donors (Lipinski definition) is 2. The lowest BCUT2D eigenvalue weighted by atomic mass is 10.1. The van der Waals surface area contributed by atoms with Crippen LogP contribution in [0.15, 0.2) is 12.3 Å². The Bertz CT molecular complexity index is 707. The molecule has 0 amide bonds. The van der Waals surface area contributed by atoms with E-state index < -0.39 is 5.79 Å². The summed E-state index contributed by atoms with van der Waals surface area (Å²) in [5.41, 5.74) is 14.4. The van der Waals surface area contributed by atoms with E-state index in [4.69, 9.17) is 20.9 Å². The molecule has 0 saturated carbocycles. The monoisotopic (exact) mass is 302 g/mol. The molecule has 1 aliphatic heterocycles. The fourth-order valence-corrected chi connectivity index (χ4v) is 3.16. The summed E-state index contributed by atoms with van der Waals surface area (Å²) < 4.78 is 13.1. The van der Waals surface area contributed by atoms with Crippen molar-refractivity contribution in [3.8, 4) is 5.69 Å². The number of anilines is 2. The van der Waals surface area contributed by atoms with E-state index in [0.717, 1.165) is 37.1 Å². The molecule has 4 rings (SSSR count). The first kappa shape index (κ1) is 13.5. The minimum Gasteiger partial charge on any atom is -0.368 e. The molecule has 2 aromatic heterocycles. The van der Waals surface area contributed by atoms with E-state index in [1.807, 2.05) is 6.07 Å². The van der Waals surface area contributed by atoms with Gasteiger partial charge in [-0.2, -0.15) is 9.67 Å². The molecule has 4 N–H and O–H groups in total. The predicted octanol–water partition coefficient (Wildman–Crippen LogP) is 0.449. The summed E-state index contributed by atoms with van der Waals surface area (Å²) in [5.74, 6) is -0.0247. The quantitative estimate of drug-likeness (QED) is 0.786. The van der Waals surface area contributed by atoms with Crippen molar-refractivity contribution in [3.05, 3.63) is 23.5 Å². The molecular formula is C14H18N6O2. The second-order valence-corrected chi connectivity index (χ2v) is 5.65. The Morgan fingerprint density at radius 2 is 1.91 bits per heavy atom. The van der Waals surface area contributed by atoms with E-state index in [1.165, 1.54) is 10.2 Å². The molecule has 1 fully saturated rings. The lowest BCUT2D eigenvalue weighted by Gasteiger charge is -2.25. The number of hydrogen-bond acceptors (Lipinski definition) is 7. The van der Waals surface area contributed by atoms with E-state index in [2.05, 4.69) is 15.1 Å². The number of aromatic nitrogens is 4. The maximum absolute atomic E-state index is 5.82. The predicted molar refractivity (Wildman–Crippen MR) is 79.3 cm³/mol. The summed E-state index contributed by atoms with van der Waals surface area (Å²) in [6.45, 7) is 1.34. The molecule has 1 saturated heterocycles. The maximum atomic E-state index is 5.82. The molecule has 2 aliphatic rings. The van der Waals surface area contributed by atoms with Crippen LogP contribution in [-0.4, -0.2) is 38.7 Å². The van der Waals surface area contributed by atoms with Crippen molar-refractivity contribution in [1.29, 1.82) is 0 Å². The summed E-state index contributed by atoms with van der Waals surface area (Å²) >= 11 is 0. The van der Waals surface area contributed by atoms with E-state index in [1.54, 1.807) is 6.20 Å². The van der Waals surface area contributed by atoms with Gasteiger partial charge in [-0.3, -0.25) is 4.98 Å². The van der Waals surface area contributed by atoms with Crippen LogP contribution in [0.4, 0.5) is 11.9 Å². The molecule has 0 aromatic carbocycles. The van der Waals surface area contributed by atoms with E-state index in [9.17, 15) is 0 Å². The van der Waals surface area contributed by atoms with Gasteiger partial charge >= 0.3 is 0 Å². The van der Waals surface area contributed by atoms with Crippen molar-refractivity contribution in [2.24, 2.45) is 0 Å². The summed E-state index contributed by atoms with van der Waals surface area (Å²) in [6.07, 6.45) is 5.10. The van der Waals surface area contributed by atoms with Gasteiger partial charge in [-0.1, -0.05) is 0 Å². The van der Waals surface area contributed by atoms with Crippen LogP contribution in [-0.2, 0) is 22.3 Å². The van der Waals surface area contributed by atoms with Crippen LogP contribution in [0.2, 0.25) is 0 Å². The fourth-order valence-electron chi connectivity index (χ4n) is 3.16. The summed E-state index contributed by atoms with van der Waals surface area (Å²) in [4.78, 5) is 8.48. The molecule has 1 aliphatic carbocycles. The van der Waals surface area contributed by atoms with Gasteiger partial charge in [-0.05, 0) is 24.5 Å². The molecular weight excluding hydrogens is 284 g/mol. The number of rotatable bonds is 1. The largest absolute Gasteiger partial charge is 0.368 e. The highest BCUT2D eigenvalue weighted by Crippen LogP contribution is 2.34. The van der Waals surface area contributed by atoms with Crippen LogP contribution in [0.1, 0.15) is 24.1 Å². The first-order chi connectivity index (χ1) is 10.7. The average molecular weight is 302 g/mol. The summed E-state index contributed by atoms with van der Waals surface area (Å²) in [7, 11) is 0. The van der Waals surface area contributed by atoms with E-state index in [-0.39, 0.29) is 11.9 Å². The number of ether oxygens (including phenoxy) is 2. The molecule has 1 spiro atoms. The van der Waals surface area contributed by atoms with Crippen molar-refractivity contribution in [3.63, 3.8) is 0 Å². The third-order valence-electron chi connectivity index (χ3n) is 4.27. The summed E-state index contributed by atoms with van der Waals surface area (Å²) in [5, 5.41) is 4.09. The highest BCUT2D eigenvalue weighted by molar-refractivity contribution is 5.42. The van der Waals surface area contributed by atoms with Gasteiger partial charge in [-0.25, -0.2) is 0 Å². The van der Waals surface area contributed by atoms with Crippen LogP contribution in [0.25, 0.3) is 5.69 Å². The second kappa shape index (κ2) is 4.92. The minimum atomic E-state index is -0.433. The lowest BCUT2D eigenvalue weighted by molar-refractivity contribution is -0.164. The highest BCUT2D eigenvalue weighted by Gasteiger charge is 2.38. The second-order valence-electron chi connectivity index (χ2n) is 5.65. The van der Waals surface area contributed by atoms with Gasteiger partial charge in [0.05, 0.1) is 25.1 Å². The molecule has 8 nitrogen and oxygen atoms in total. The number of nitrogen functional groups attached to an aromatic ring is 2. The topological polar surface area (TPSA) is 114 Å². The van der Waals surface area contributed by atoms with Gasteiger partial charge in [0.25, 0.3) is 0 Å². The standard InChI is InChI=1S/C14H18N6O2/c15-12-18-13(16)20(19-12)10-7-9-1-3-14(21-5-6-22-14)4-2-11(9)17-8-10/h7-8H,1-6H2,(H4,15,16,18,19). The Balaban J connectivity index is 1.65. The van der Waals surface area contributed by atoms with Crippen LogP contribution in [0.3, 0.4) is 0 Å². The van der Waals surface area contributed by atoms with Crippen molar-refractivity contribution in [2.45, 2.75) is 31.5 Å². The van der Waals surface area contributed by atoms with Crippen molar-refractivity contribution >= 4 is 11.9 Å². The van der Waals surface area contributed by atoms with E-state index in [0.29, 0.717) is 13.2 Å². The van der Waals surface area contributed by atoms with Gasteiger partial charge in [0, 0.05) is 18.5 Å². The van der Waals surface area contributed by atoms with Gasteiger partial charge in [0.2, 0.25) is 11.9 Å². The van der Waals surface area contributed by atoms with E-state index >= 15 is 0 Å². The highest BCUT2D eigenvalue weighted by atomic mass is 16.7. The third-order valence-corrected chi connectivity index (χ3v) is 4.27. The van der Waals surface area contributed by atoms with Crippen LogP contribution in [0, 0.1) is 0 Å². The van der Waals surface area contributed by atoms with Gasteiger partial charge in [-0.15, -0.1) is 5.10 Å². The average Bonchev–Trinajstić information content (AvgIpc) is 3.05. The maximum Gasteiger partial charge on any atom is 0.241 e. The molecule has 116 valence electrons. The van der Waals surface area contributed by atoms with Crippen molar-refractivity contribution in [1.82, 2.24) is 19.7 Å². The van der Waals surface area contributed by atoms with Crippen LogP contribution in [0.5, 0.6) is 0 Å². The number of nitrogens with two attached hydrogens (primary N) is 2. The summed E-state index contributed by atoms with van der Waals surface area (Å²) in [6, 6.07) is 2.04. The van der Waals surface area contributed by atoms with Crippen LogP contribution < -0.4 is 11.5 Å². The molecule has 8 heteroatoms.